The van der Waals surface area contributed by atoms with Crippen molar-refractivity contribution < 1.29 is 4.39 Å². The number of pyridine rings is 1. The normalized spacial score (nSPS) is 11.1. The summed E-state index contributed by atoms with van der Waals surface area (Å²) < 4.78 is 16.6. The number of hydrogen-bond donors (Lipinski definition) is 0. The molecule has 0 spiro atoms. The summed E-state index contributed by atoms with van der Waals surface area (Å²) in [5.41, 5.74) is 2.50. The lowest BCUT2D eigenvalue weighted by atomic mass is 10.2. The molecule has 3 rings (SSSR count). The summed E-state index contributed by atoms with van der Waals surface area (Å²) in [4.78, 5) is 4.54. The van der Waals surface area contributed by atoms with E-state index in [1.54, 1.807) is 6.07 Å². The van der Waals surface area contributed by atoms with Crippen molar-refractivity contribution in [1.82, 2.24) is 9.38 Å². The van der Waals surface area contributed by atoms with E-state index < -0.39 is 0 Å². The highest BCUT2D eigenvalue weighted by atomic mass is 79.9. The second-order valence-electron chi connectivity index (χ2n) is 3.84. The quantitative estimate of drug-likeness (QED) is 0.609. The molecule has 0 bridgehead atoms. The third-order valence-corrected chi connectivity index (χ3v) is 3.92. The van der Waals surface area contributed by atoms with Crippen LogP contribution < -0.4 is 0 Å². The predicted octanol–water partition coefficient (Wildman–Crippen LogP) is 4.67. The van der Waals surface area contributed by atoms with Crippen molar-refractivity contribution in [3.63, 3.8) is 0 Å². The van der Waals surface area contributed by atoms with Crippen molar-refractivity contribution in [3.8, 4) is 11.3 Å². The third-order valence-electron chi connectivity index (χ3n) is 2.64. The average Bonchev–Trinajstić information content (AvgIpc) is 2.74. The lowest BCUT2D eigenvalue weighted by Crippen LogP contribution is -1.81. The van der Waals surface area contributed by atoms with Gasteiger partial charge in [0.15, 0.2) is 5.65 Å². The molecule has 0 amide bonds. The van der Waals surface area contributed by atoms with Gasteiger partial charge >= 0.3 is 0 Å². The van der Waals surface area contributed by atoms with Crippen LogP contribution in [0, 0.1) is 5.82 Å². The van der Waals surface area contributed by atoms with Crippen molar-refractivity contribution in [2.45, 2.75) is 0 Å². The predicted molar refractivity (Wildman–Crippen MR) is 76.0 cm³/mol. The smallest absolute Gasteiger partial charge is 0.151 e. The van der Waals surface area contributed by atoms with Crippen LogP contribution in [0.1, 0.15) is 0 Å². The molecule has 90 valence electrons. The van der Waals surface area contributed by atoms with Crippen LogP contribution in [-0.2, 0) is 0 Å². The summed E-state index contributed by atoms with van der Waals surface area (Å²) in [6.45, 7) is 0. The van der Waals surface area contributed by atoms with Gasteiger partial charge in [-0.05, 0) is 62.2 Å². The van der Waals surface area contributed by atoms with Gasteiger partial charge < -0.3 is 4.40 Å². The highest BCUT2D eigenvalue weighted by Crippen LogP contribution is 2.29. The van der Waals surface area contributed by atoms with Crippen LogP contribution in [0.25, 0.3) is 16.9 Å². The topological polar surface area (TPSA) is 17.3 Å². The molecular formula is C13H7Br2FN2. The molecule has 2 heterocycles. The largest absolute Gasteiger partial charge is 0.306 e. The minimum Gasteiger partial charge on any atom is -0.306 e. The highest BCUT2D eigenvalue weighted by molar-refractivity contribution is 9.11. The van der Waals surface area contributed by atoms with Gasteiger partial charge in [-0.1, -0.05) is 0 Å². The Bertz CT molecular complexity index is 737. The monoisotopic (exact) mass is 368 g/mol. The summed E-state index contributed by atoms with van der Waals surface area (Å²) in [6.07, 6.45) is 3.84. The first-order chi connectivity index (χ1) is 8.65. The first-order valence-corrected chi connectivity index (χ1v) is 6.82. The molecule has 0 saturated heterocycles. The maximum Gasteiger partial charge on any atom is 0.151 e. The Kier molecular flexibility index (Phi) is 2.95. The Morgan fingerprint density at radius 1 is 1.11 bits per heavy atom. The van der Waals surface area contributed by atoms with E-state index in [1.165, 1.54) is 12.1 Å². The first kappa shape index (κ1) is 11.9. The molecule has 2 aromatic heterocycles. The maximum absolute atomic E-state index is 13.1. The second kappa shape index (κ2) is 4.48. The zero-order valence-electron chi connectivity index (χ0n) is 9.07. The van der Waals surface area contributed by atoms with Crippen LogP contribution in [0.4, 0.5) is 4.39 Å². The molecule has 0 N–H and O–H groups in total. The van der Waals surface area contributed by atoms with Crippen LogP contribution in [0.2, 0.25) is 0 Å². The lowest BCUT2D eigenvalue weighted by Gasteiger charge is -1.99. The van der Waals surface area contributed by atoms with E-state index in [0.29, 0.717) is 4.47 Å². The number of hydrogen-bond acceptors (Lipinski definition) is 1. The Labute approximate surface area is 120 Å². The van der Waals surface area contributed by atoms with Crippen LogP contribution >= 0.6 is 31.9 Å². The van der Waals surface area contributed by atoms with E-state index in [4.69, 9.17) is 0 Å². The van der Waals surface area contributed by atoms with Crippen LogP contribution in [0.15, 0.2) is 51.7 Å². The summed E-state index contributed by atoms with van der Waals surface area (Å²) in [5.74, 6) is -0.268. The summed E-state index contributed by atoms with van der Waals surface area (Å²) >= 11 is 6.82. The van der Waals surface area contributed by atoms with Crippen molar-refractivity contribution >= 4 is 37.5 Å². The Morgan fingerprint density at radius 3 is 2.67 bits per heavy atom. The van der Waals surface area contributed by atoms with Crippen LogP contribution in [0.3, 0.4) is 0 Å². The van der Waals surface area contributed by atoms with E-state index in [2.05, 4.69) is 36.8 Å². The molecular weight excluding hydrogens is 363 g/mol. The molecule has 0 unspecified atom stereocenters. The van der Waals surface area contributed by atoms with Gasteiger partial charge in [0, 0.05) is 22.4 Å². The van der Waals surface area contributed by atoms with Gasteiger partial charge in [0.2, 0.25) is 0 Å². The molecule has 5 heteroatoms. The highest BCUT2D eigenvalue weighted by Gasteiger charge is 2.10. The van der Waals surface area contributed by atoms with Gasteiger partial charge in [-0.2, -0.15) is 0 Å². The second-order valence-corrected chi connectivity index (χ2v) is 5.55. The van der Waals surface area contributed by atoms with Gasteiger partial charge in [0.05, 0.1) is 10.2 Å². The first-order valence-electron chi connectivity index (χ1n) is 5.24. The number of aromatic nitrogens is 2. The van der Waals surface area contributed by atoms with Gasteiger partial charge in [-0.25, -0.2) is 9.37 Å². The minimum absolute atomic E-state index is 0.268. The number of imidazole rings is 1. The van der Waals surface area contributed by atoms with E-state index in [0.717, 1.165) is 21.4 Å². The molecule has 0 fully saturated rings. The van der Waals surface area contributed by atoms with Crippen molar-refractivity contribution in [3.05, 3.63) is 57.5 Å². The molecule has 0 aliphatic carbocycles. The number of benzene rings is 1. The average molecular weight is 370 g/mol. The molecule has 0 aliphatic rings. The molecule has 0 saturated carbocycles. The Morgan fingerprint density at radius 2 is 1.94 bits per heavy atom. The molecule has 0 aliphatic heterocycles. The minimum atomic E-state index is -0.268. The molecule has 1 aromatic carbocycles. The van der Waals surface area contributed by atoms with Gasteiger partial charge in [0.25, 0.3) is 0 Å². The number of rotatable bonds is 1. The Balaban J connectivity index is 2.23. The fraction of sp³-hybridized carbons (Fsp3) is 0. The van der Waals surface area contributed by atoms with Crippen molar-refractivity contribution in [1.29, 1.82) is 0 Å². The number of halogens is 3. The maximum atomic E-state index is 13.1. The number of nitrogens with zero attached hydrogens (tertiary/aromatic N) is 2. The summed E-state index contributed by atoms with van der Waals surface area (Å²) in [7, 11) is 0. The molecule has 0 radical (unpaired) electrons. The molecule has 2 nitrogen and oxygen atoms in total. The number of fused-ring (bicyclic) bond motifs is 1. The Hall–Kier alpha value is -1.20. The zero-order valence-corrected chi connectivity index (χ0v) is 12.2. The zero-order chi connectivity index (χ0) is 12.7. The van der Waals surface area contributed by atoms with E-state index in [-0.39, 0.29) is 5.82 Å². The fourth-order valence-electron chi connectivity index (χ4n) is 1.81. The van der Waals surface area contributed by atoms with Crippen molar-refractivity contribution in [2.24, 2.45) is 0 Å². The van der Waals surface area contributed by atoms with Crippen LogP contribution in [-0.4, -0.2) is 9.38 Å². The van der Waals surface area contributed by atoms with Gasteiger partial charge in [-0.3, -0.25) is 0 Å². The van der Waals surface area contributed by atoms with E-state index in [9.17, 15) is 4.39 Å². The standard InChI is InChI=1S/C13H7Br2FN2/c14-10-2-1-5-18-7-12(17-13(10)18)9-4-3-8(16)6-11(9)15/h1-7H. The summed E-state index contributed by atoms with van der Waals surface area (Å²) in [6, 6.07) is 8.46. The molecule has 18 heavy (non-hydrogen) atoms. The van der Waals surface area contributed by atoms with Crippen LogP contribution in [0.5, 0.6) is 0 Å². The van der Waals surface area contributed by atoms with E-state index >= 15 is 0 Å². The van der Waals surface area contributed by atoms with Crippen molar-refractivity contribution in [2.75, 3.05) is 0 Å². The van der Waals surface area contributed by atoms with E-state index in [1.807, 2.05) is 28.9 Å². The molecule has 3 aromatic rings. The molecule has 0 atom stereocenters. The third kappa shape index (κ3) is 1.97. The summed E-state index contributed by atoms with van der Waals surface area (Å²) in [5, 5.41) is 0. The van der Waals surface area contributed by atoms with Gasteiger partial charge in [-0.15, -0.1) is 0 Å². The van der Waals surface area contributed by atoms with Gasteiger partial charge in [0.1, 0.15) is 5.82 Å². The SMILES string of the molecule is Fc1ccc(-c2cn3cccc(Br)c3n2)c(Br)c1. The lowest BCUT2D eigenvalue weighted by molar-refractivity contribution is 0.627. The fourth-order valence-corrected chi connectivity index (χ4v) is 2.81.